The van der Waals surface area contributed by atoms with Gasteiger partial charge in [0, 0.05) is 7.05 Å². The second-order valence-electron chi connectivity index (χ2n) is 6.25. The number of hydrogen-bond donors (Lipinski definition) is 1. The molecule has 0 radical (unpaired) electrons. The average Bonchev–Trinajstić information content (AvgIpc) is 3.25. The Hall–Kier alpha value is -2.96. The van der Waals surface area contributed by atoms with Crippen molar-refractivity contribution in [3.05, 3.63) is 40.0 Å². The third-order valence-electron chi connectivity index (χ3n) is 4.32. The monoisotopic (exact) mass is 453 g/mol. The largest absolute Gasteiger partial charge is 0.503 e. The van der Waals surface area contributed by atoms with E-state index in [4.69, 9.17) is 11.6 Å². The van der Waals surface area contributed by atoms with Crippen LogP contribution in [-0.2, 0) is 17.7 Å². The third kappa shape index (κ3) is 3.53. The van der Waals surface area contributed by atoms with Gasteiger partial charge in [0.15, 0.2) is 17.3 Å². The second kappa shape index (κ2) is 7.38. The molecule has 162 valence electrons. The van der Waals surface area contributed by atoms with Gasteiger partial charge in [-0.2, -0.15) is 32.2 Å². The van der Waals surface area contributed by atoms with Crippen molar-refractivity contribution >= 4 is 23.4 Å². The molecule has 1 unspecified atom stereocenters. The molecule has 0 saturated carbocycles. The first kappa shape index (κ1) is 21.7. The van der Waals surface area contributed by atoms with Gasteiger partial charge < -0.3 is 9.84 Å². The smallest absolute Gasteiger partial charge is 0.459 e. The number of aryl methyl sites for hydroxylation is 1. The summed E-state index contributed by atoms with van der Waals surface area (Å²) in [6.45, 7) is -0.133. The lowest BCUT2D eigenvalue weighted by molar-refractivity contribution is -0.291. The standard InChI is InChI=1S/C16H13ClF5N5O3/c1-26-13(11(28)12(24-26)15(18,19)16(20,21)22)27-6-10(23-25-27)7-3-4-9(17)8(5-7)14(29)30-2/h3-5,10,28H,6H2,1-2H3. The molecule has 0 aliphatic carbocycles. The molecule has 0 fully saturated rings. The number of carbonyl (C=O) groups excluding carboxylic acids is 1. The Morgan fingerprint density at radius 1 is 1.30 bits per heavy atom. The Kier molecular flexibility index (Phi) is 5.35. The molecule has 0 bridgehead atoms. The number of alkyl halides is 5. The van der Waals surface area contributed by atoms with Crippen molar-refractivity contribution < 1.29 is 36.6 Å². The number of aromatic nitrogens is 2. The predicted octanol–water partition coefficient (Wildman–Crippen LogP) is 4.15. The highest BCUT2D eigenvalue weighted by Crippen LogP contribution is 2.49. The molecule has 1 N–H and O–H groups in total. The van der Waals surface area contributed by atoms with Crippen LogP contribution in [0.4, 0.5) is 27.8 Å². The summed E-state index contributed by atoms with van der Waals surface area (Å²) in [6.07, 6.45) is -5.95. The highest BCUT2D eigenvalue weighted by Gasteiger charge is 2.62. The molecule has 14 heteroatoms. The number of aromatic hydroxyl groups is 1. The van der Waals surface area contributed by atoms with Crippen LogP contribution in [0.5, 0.6) is 5.75 Å². The minimum Gasteiger partial charge on any atom is -0.503 e. The highest BCUT2D eigenvalue weighted by molar-refractivity contribution is 6.33. The van der Waals surface area contributed by atoms with Crippen molar-refractivity contribution in [2.75, 3.05) is 18.7 Å². The number of hydrogen-bond acceptors (Lipinski definition) is 7. The predicted molar refractivity (Wildman–Crippen MR) is 92.6 cm³/mol. The van der Waals surface area contributed by atoms with Crippen LogP contribution in [0.25, 0.3) is 0 Å². The molecule has 2 heterocycles. The van der Waals surface area contributed by atoms with Crippen LogP contribution in [0.1, 0.15) is 27.7 Å². The van der Waals surface area contributed by atoms with E-state index >= 15 is 0 Å². The van der Waals surface area contributed by atoms with Crippen molar-refractivity contribution in [3.63, 3.8) is 0 Å². The van der Waals surface area contributed by atoms with Crippen molar-refractivity contribution in [1.29, 1.82) is 0 Å². The van der Waals surface area contributed by atoms with E-state index < -0.39 is 41.4 Å². The van der Waals surface area contributed by atoms with E-state index in [2.05, 4.69) is 20.2 Å². The van der Waals surface area contributed by atoms with Gasteiger partial charge in [-0.3, -0.25) is 0 Å². The van der Waals surface area contributed by atoms with Crippen LogP contribution in [0.2, 0.25) is 5.02 Å². The number of nitrogens with zero attached hydrogens (tertiary/aromatic N) is 5. The fourth-order valence-electron chi connectivity index (χ4n) is 2.82. The van der Waals surface area contributed by atoms with Gasteiger partial charge in [-0.15, -0.1) is 0 Å². The molecule has 0 amide bonds. The topological polar surface area (TPSA) is 92.3 Å². The fraction of sp³-hybridized carbons (Fsp3) is 0.375. The summed E-state index contributed by atoms with van der Waals surface area (Å²) in [7, 11) is 2.24. The first-order valence-corrected chi connectivity index (χ1v) is 8.53. The summed E-state index contributed by atoms with van der Waals surface area (Å²) < 4.78 is 70.5. The van der Waals surface area contributed by atoms with Gasteiger partial charge in [-0.05, 0) is 17.7 Å². The van der Waals surface area contributed by atoms with Crippen LogP contribution in [0.15, 0.2) is 28.5 Å². The van der Waals surface area contributed by atoms with Gasteiger partial charge in [0.2, 0.25) is 0 Å². The lowest BCUT2D eigenvalue weighted by Gasteiger charge is -2.17. The Labute approximate surface area is 170 Å². The Bertz CT molecular complexity index is 1020. The molecule has 1 atom stereocenters. The zero-order valence-corrected chi connectivity index (χ0v) is 16.0. The number of halogens is 6. The second-order valence-corrected chi connectivity index (χ2v) is 6.66. The summed E-state index contributed by atoms with van der Waals surface area (Å²) in [5.74, 6) is -7.93. The van der Waals surface area contributed by atoms with E-state index in [1.807, 2.05) is 0 Å². The SMILES string of the molecule is COC(=O)c1cc(C2CN(c3c(O)c(C(F)(F)C(F)(F)F)nn3C)N=N2)ccc1Cl. The van der Waals surface area contributed by atoms with Crippen LogP contribution in [0, 0.1) is 0 Å². The van der Waals surface area contributed by atoms with Crippen molar-refractivity contribution in [3.8, 4) is 5.75 Å². The maximum atomic E-state index is 13.6. The normalized spacial score (nSPS) is 16.9. The van der Waals surface area contributed by atoms with Crippen LogP contribution < -0.4 is 5.01 Å². The molecular formula is C16H13ClF5N5O3. The van der Waals surface area contributed by atoms with Gasteiger partial charge >= 0.3 is 18.1 Å². The van der Waals surface area contributed by atoms with E-state index in [9.17, 15) is 31.9 Å². The number of rotatable bonds is 4. The maximum Gasteiger partial charge on any atom is 0.459 e. The van der Waals surface area contributed by atoms with Crippen LogP contribution >= 0.6 is 11.6 Å². The summed E-state index contributed by atoms with van der Waals surface area (Å²) in [5, 5.41) is 21.8. The van der Waals surface area contributed by atoms with E-state index in [1.54, 1.807) is 0 Å². The molecule has 1 aromatic heterocycles. The highest BCUT2D eigenvalue weighted by atomic mass is 35.5. The van der Waals surface area contributed by atoms with Gasteiger partial charge in [0.05, 0.1) is 24.2 Å². The lowest BCUT2D eigenvalue weighted by Crippen LogP contribution is -2.34. The molecule has 1 aliphatic heterocycles. The van der Waals surface area contributed by atoms with Gasteiger partial charge in [-0.25, -0.2) is 14.5 Å². The molecule has 0 saturated heterocycles. The van der Waals surface area contributed by atoms with E-state index in [0.29, 0.717) is 10.2 Å². The minimum absolute atomic E-state index is 0.0563. The zero-order chi connectivity index (χ0) is 22.4. The van der Waals surface area contributed by atoms with Gasteiger partial charge in [0.25, 0.3) is 0 Å². The quantitative estimate of drug-likeness (QED) is 0.554. The molecule has 3 rings (SSSR count). The first-order chi connectivity index (χ1) is 13.9. The molecule has 1 aromatic carbocycles. The number of anilines is 1. The molecule has 0 spiro atoms. The summed E-state index contributed by atoms with van der Waals surface area (Å²) in [4.78, 5) is 11.8. The number of benzene rings is 1. The number of esters is 1. The minimum atomic E-state index is -5.95. The Morgan fingerprint density at radius 3 is 2.57 bits per heavy atom. The maximum absolute atomic E-state index is 13.6. The van der Waals surface area contributed by atoms with Crippen molar-refractivity contribution in [2.24, 2.45) is 17.4 Å². The zero-order valence-electron chi connectivity index (χ0n) is 15.3. The van der Waals surface area contributed by atoms with Crippen LogP contribution in [0.3, 0.4) is 0 Å². The molecule has 2 aromatic rings. The molecule has 30 heavy (non-hydrogen) atoms. The summed E-state index contributed by atoms with van der Waals surface area (Å²) in [5.41, 5.74) is -1.33. The average molecular weight is 454 g/mol. The van der Waals surface area contributed by atoms with Crippen molar-refractivity contribution in [2.45, 2.75) is 18.1 Å². The Morgan fingerprint density at radius 2 is 1.97 bits per heavy atom. The molecule has 1 aliphatic rings. The van der Waals surface area contributed by atoms with Crippen molar-refractivity contribution in [1.82, 2.24) is 9.78 Å². The fourth-order valence-corrected chi connectivity index (χ4v) is 3.01. The number of ether oxygens (including phenoxy) is 1. The van der Waals surface area contributed by atoms with Crippen LogP contribution in [-0.4, -0.2) is 40.7 Å². The summed E-state index contributed by atoms with van der Waals surface area (Å²) >= 11 is 5.95. The van der Waals surface area contributed by atoms with E-state index in [0.717, 1.165) is 12.1 Å². The molecule has 8 nitrogen and oxygen atoms in total. The van der Waals surface area contributed by atoms with Gasteiger partial charge in [-0.1, -0.05) is 22.9 Å². The number of methoxy groups -OCH3 is 1. The van der Waals surface area contributed by atoms with E-state index in [1.165, 1.54) is 25.3 Å². The van der Waals surface area contributed by atoms with Gasteiger partial charge in [0.1, 0.15) is 6.04 Å². The number of carbonyl (C=O) groups is 1. The third-order valence-corrected chi connectivity index (χ3v) is 4.65. The van der Waals surface area contributed by atoms with E-state index in [-0.39, 0.29) is 17.1 Å². The Balaban J connectivity index is 1.90. The summed E-state index contributed by atoms with van der Waals surface area (Å²) in [6, 6.07) is 3.62. The first-order valence-electron chi connectivity index (χ1n) is 8.15. The lowest BCUT2D eigenvalue weighted by atomic mass is 10.0. The molecular weight excluding hydrogens is 441 g/mol.